The molecule has 0 saturated heterocycles. The van der Waals surface area contributed by atoms with Gasteiger partial charge in [-0.2, -0.15) is 13.2 Å². The summed E-state index contributed by atoms with van der Waals surface area (Å²) in [5.41, 5.74) is 0.193. The Morgan fingerprint density at radius 3 is 2.50 bits per heavy atom. The lowest BCUT2D eigenvalue weighted by Gasteiger charge is -2.10. The van der Waals surface area contributed by atoms with E-state index in [4.69, 9.17) is 0 Å². The lowest BCUT2D eigenvalue weighted by atomic mass is 10.1. The third-order valence-corrected chi connectivity index (χ3v) is 3.26. The summed E-state index contributed by atoms with van der Waals surface area (Å²) in [6, 6.07) is 5.72. The van der Waals surface area contributed by atoms with Crippen molar-refractivity contribution in [2.24, 2.45) is 0 Å². The molecule has 1 aromatic carbocycles. The monoisotopic (exact) mass is 281 g/mol. The highest BCUT2D eigenvalue weighted by atomic mass is 19.4. The molecule has 1 aliphatic rings. The van der Waals surface area contributed by atoms with Gasteiger partial charge < -0.3 is 9.88 Å². The van der Waals surface area contributed by atoms with Gasteiger partial charge in [0.25, 0.3) is 0 Å². The van der Waals surface area contributed by atoms with Crippen LogP contribution in [0.15, 0.2) is 36.7 Å². The lowest BCUT2D eigenvalue weighted by Crippen LogP contribution is -2.10. The van der Waals surface area contributed by atoms with Gasteiger partial charge in [0.1, 0.15) is 0 Å². The molecule has 1 aliphatic carbocycles. The highest BCUT2D eigenvalue weighted by Crippen LogP contribution is 2.29. The second-order valence-electron chi connectivity index (χ2n) is 4.99. The minimum Gasteiger partial charge on any atom is -0.353 e. The molecule has 106 valence electrons. The van der Waals surface area contributed by atoms with Crippen LogP contribution in [0.25, 0.3) is 0 Å². The smallest absolute Gasteiger partial charge is 0.353 e. The van der Waals surface area contributed by atoms with E-state index in [9.17, 15) is 13.2 Å². The van der Waals surface area contributed by atoms with E-state index in [0.29, 0.717) is 12.6 Å². The maximum absolute atomic E-state index is 12.5. The van der Waals surface area contributed by atoms with Gasteiger partial charge in [-0.05, 0) is 30.5 Å². The van der Waals surface area contributed by atoms with Crippen LogP contribution in [0.1, 0.15) is 24.0 Å². The van der Waals surface area contributed by atoms with E-state index in [-0.39, 0.29) is 0 Å². The normalized spacial score (nSPS) is 15.3. The fourth-order valence-electron chi connectivity index (χ4n) is 1.98. The Kier molecular flexibility index (Phi) is 3.16. The van der Waals surface area contributed by atoms with E-state index in [0.717, 1.165) is 36.5 Å². The number of alkyl halides is 3. The van der Waals surface area contributed by atoms with Gasteiger partial charge in [0, 0.05) is 18.4 Å². The van der Waals surface area contributed by atoms with E-state index < -0.39 is 11.7 Å². The van der Waals surface area contributed by atoms with Gasteiger partial charge >= 0.3 is 6.18 Å². The van der Waals surface area contributed by atoms with Gasteiger partial charge in [0.15, 0.2) is 0 Å². The van der Waals surface area contributed by atoms with E-state index in [1.165, 1.54) is 12.1 Å². The number of benzene rings is 1. The number of nitrogens with zero attached hydrogens (tertiary/aromatic N) is 2. The van der Waals surface area contributed by atoms with E-state index >= 15 is 0 Å². The molecule has 20 heavy (non-hydrogen) atoms. The Morgan fingerprint density at radius 1 is 1.20 bits per heavy atom. The van der Waals surface area contributed by atoms with Gasteiger partial charge in [0.05, 0.1) is 12.1 Å². The molecular formula is C14H14F3N3. The summed E-state index contributed by atoms with van der Waals surface area (Å²) in [6.07, 6.45) is 1.52. The van der Waals surface area contributed by atoms with Crippen LogP contribution >= 0.6 is 0 Å². The summed E-state index contributed by atoms with van der Waals surface area (Å²) in [4.78, 5) is 4.22. The fourth-order valence-corrected chi connectivity index (χ4v) is 1.98. The zero-order chi connectivity index (χ0) is 14.2. The largest absolute Gasteiger partial charge is 0.416 e. The van der Waals surface area contributed by atoms with Crippen LogP contribution < -0.4 is 5.32 Å². The average molecular weight is 281 g/mol. The summed E-state index contributed by atoms with van der Waals surface area (Å²) < 4.78 is 39.4. The van der Waals surface area contributed by atoms with E-state index in [1.54, 1.807) is 6.20 Å². The molecule has 1 N–H and O–H groups in total. The lowest BCUT2D eigenvalue weighted by molar-refractivity contribution is -0.137. The van der Waals surface area contributed by atoms with Crippen molar-refractivity contribution in [2.45, 2.75) is 31.6 Å². The molecular weight excluding hydrogens is 267 g/mol. The Labute approximate surface area is 114 Å². The number of hydrogen-bond donors (Lipinski definition) is 1. The number of nitrogens with one attached hydrogen (secondary N) is 1. The molecule has 0 atom stereocenters. The Balaban J connectivity index is 1.72. The SMILES string of the molecule is FC(F)(F)c1ccc(Cn2ccnc2NC2CC2)cc1. The average Bonchev–Trinajstić information content (AvgIpc) is 3.10. The van der Waals surface area contributed by atoms with Crippen molar-refractivity contribution in [3.63, 3.8) is 0 Å². The second-order valence-corrected chi connectivity index (χ2v) is 4.99. The number of rotatable bonds is 4. The molecule has 0 aliphatic heterocycles. The summed E-state index contributed by atoms with van der Waals surface area (Å²) >= 11 is 0. The Bertz CT molecular complexity index is 582. The first-order chi connectivity index (χ1) is 9.52. The molecule has 0 unspecified atom stereocenters. The molecule has 0 spiro atoms. The van der Waals surface area contributed by atoms with Gasteiger partial charge in [-0.1, -0.05) is 12.1 Å². The predicted molar refractivity (Wildman–Crippen MR) is 69.4 cm³/mol. The number of hydrogen-bond acceptors (Lipinski definition) is 2. The molecule has 2 aromatic rings. The van der Waals surface area contributed by atoms with Crippen LogP contribution in [0.4, 0.5) is 19.1 Å². The highest BCUT2D eigenvalue weighted by Gasteiger charge is 2.30. The number of imidazole rings is 1. The molecule has 1 saturated carbocycles. The minimum absolute atomic E-state index is 0.490. The molecule has 3 nitrogen and oxygen atoms in total. The molecule has 3 rings (SSSR count). The number of aromatic nitrogens is 2. The predicted octanol–water partition coefficient (Wildman–Crippen LogP) is 3.52. The molecule has 6 heteroatoms. The van der Waals surface area contributed by atoms with Crippen LogP contribution in [0, 0.1) is 0 Å². The van der Waals surface area contributed by atoms with Crippen LogP contribution in [0.5, 0.6) is 0 Å². The van der Waals surface area contributed by atoms with Crippen LogP contribution in [-0.2, 0) is 12.7 Å². The highest BCUT2D eigenvalue weighted by molar-refractivity contribution is 5.32. The van der Waals surface area contributed by atoms with Crippen molar-refractivity contribution < 1.29 is 13.2 Å². The maximum atomic E-state index is 12.5. The first kappa shape index (κ1) is 13.0. The van der Waals surface area contributed by atoms with E-state index in [1.807, 2.05) is 10.8 Å². The summed E-state index contributed by atoms with van der Waals surface area (Å²) in [6.45, 7) is 0.507. The summed E-state index contributed by atoms with van der Waals surface area (Å²) in [5.74, 6) is 0.771. The molecule has 1 fully saturated rings. The second kappa shape index (κ2) is 4.85. The van der Waals surface area contributed by atoms with Crippen molar-refractivity contribution in [2.75, 3.05) is 5.32 Å². The quantitative estimate of drug-likeness (QED) is 0.929. The maximum Gasteiger partial charge on any atom is 0.416 e. The number of halogens is 3. The van der Waals surface area contributed by atoms with Crippen molar-refractivity contribution in [1.82, 2.24) is 9.55 Å². The number of anilines is 1. The standard InChI is InChI=1S/C14H14F3N3/c15-14(16,17)11-3-1-10(2-4-11)9-20-8-7-18-13(20)19-12-5-6-12/h1-4,7-8,12H,5-6,9H2,(H,18,19). The molecule has 0 radical (unpaired) electrons. The van der Waals surface area contributed by atoms with Crippen molar-refractivity contribution in [3.8, 4) is 0 Å². The van der Waals surface area contributed by atoms with Crippen molar-refractivity contribution in [3.05, 3.63) is 47.8 Å². The zero-order valence-electron chi connectivity index (χ0n) is 10.7. The van der Waals surface area contributed by atoms with Crippen molar-refractivity contribution >= 4 is 5.95 Å². The Hall–Kier alpha value is -1.98. The third kappa shape index (κ3) is 2.95. The van der Waals surface area contributed by atoms with E-state index in [2.05, 4.69) is 10.3 Å². The van der Waals surface area contributed by atoms with Crippen LogP contribution in [0.3, 0.4) is 0 Å². The Morgan fingerprint density at radius 2 is 1.90 bits per heavy atom. The molecule has 1 heterocycles. The third-order valence-electron chi connectivity index (χ3n) is 3.26. The molecule has 0 amide bonds. The van der Waals surface area contributed by atoms with Gasteiger partial charge in [-0.25, -0.2) is 4.98 Å². The minimum atomic E-state index is -4.29. The van der Waals surface area contributed by atoms with Crippen LogP contribution in [0.2, 0.25) is 0 Å². The van der Waals surface area contributed by atoms with Gasteiger partial charge in [0.2, 0.25) is 5.95 Å². The summed E-state index contributed by atoms with van der Waals surface area (Å²) in [7, 11) is 0. The summed E-state index contributed by atoms with van der Waals surface area (Å²) in [5, 5.41) is 3.29. The first-order valence-electron chi connectivity index (χ1n) is 6.46. The van der Waals surface area contributed by atoms with Gasteiger partial charge in [-0.3, -0.25) is 0 Å². The first-order valence-corrected chi connectivity index (χ1v) is 6.46. The topological polar surface area (TPSA) is 29.9 Å². The van der Waals surface area contributed by atoms with Crippen molar-refractivity contribution in [1.29, 1.82) is 0 Å². The zero-order valence-corrected chi connectivity index (χ0v) is 10.7. The fraction of sp³-hybridized carbons (Fsp3) is 0.357. The van der Waals surface area contributed by atoms with Crippen LogP contribution in [-0.4, -0.2) is 15.6 Å². The van der Waals surface area contributed by atoms with Gasteiger partial charge in [-0.15, -0.1) is 0 Å². The molecule has 1 aromatic heterocycles. The molecule has 0 bridgehead atoms.